The van der Waals surface area contributed by atoms with Crippen LogP contribution in [-0.4, -0.2) is 35.0 Å². The van der Waals surface area contributed by atoms with Crippen LogP contribution in [-0.2, 0) is 22.4 Å². The maximum atomic E-state index is 13.2. The Bertz CT molecular complexity index is 1240. The van der Waals surface area contributed by atoms with E-state index in [4.69, 9.17) is 14.7 Å². The van der Waals surface area contributed by atoms with Crippen molar-refractivity contribution in [1.29, 1.82) is 0 Å². The number of hydrogen-bond acceptors (Lipinski definition) is 6. The molecule has 0 spiro atoms. The van der Waals surface area contributed by atoms with E-state index in [1.165, 1.54) is 0 Å². The number of aliphatic hydroxyl groups is 1. The highest BCUT2D eigenvalue weighted by Gasteiger charge is 2.34. The number of hydrogen-bond donors (Lipinski definition) is 4. The number of fused-ring (bicyclic) bond motifs is 2. The minimum Gasteiger partial charge on any atom is -0.454 e. The van der Waals surface area contributed by atoms with Gasteiger partial charge in [0.15, 0.2) is 11.5 Å². The van der Waals surface area contributed by atoms with Crippen LogP contribution in [0.1, 0.15) is 29.2 Å². The summed E-state index contributed by atoms with van der Waals surface area (Å²) in [5, 5.41) is 22.5. The van der Waals surface area contributed by atoms with Gasteiger partial charge in [-0.05, 0) is 46.4 Å². The lowest BCUT2D eigenvalue weighted by atomic mass is 9.93. The van der Waals surface area contributed by atoms with Gasteiger partial charge < -0.3 is 19.9 Å². The molecule has 3 aromatic carbocycles. The predicted octanol–water partition coefficient (Wildman–Crippen LogP) is 2.91. The molecule has 1 heterocycles. The molecule has 0 unspecified atom stereocenters. The Hall–Kier alpha value is -3.88. The summed E-state index contributed by atoms with van der Waals surface area (Å²) < 4.78 is 10.8. The number of carbonyl (C=O) groups excluding carboxylic acids is 2. The molecule has 2 aliphatic rings. The molecule has 4 N–H and O–H groups in total. The summed E-state index contributed by atoms with van der Waals surface area (Å²) >= 11 is 0. The van der Waals surface area contributed by atoms with Crippen molar-refractivity contribution in [3.05, 3.63) is 83.4 Å². The van der Waals surface area contributed by atoms with Crippen LogP contribution in [0, 0.1) is 5.92 Å². The zero-order valence-corrected chi connectivity index (χ0v) is 18.9. The van der Waals surface area contributed by atoms with Crippen molar-refractivity contribution in [3.8, 4) is 22.6 Å². The minimum absolute atomic E-state index is 0.184. The molecule has 2 amide bonds. The van der Waals surface area contributed by atoms with Gasteiger partial charge in [-0.2, -0.15) is 0 Å². The molecular weight excluding hydrogens is 448 g/mol. The van der Waals surface area contributed by atoms with E-state index in [9.17, 15) is 14.7 Å². The zero-order chi connectivity index (χ0) is 24.4. The van der Waals surface area contributed by atoms with Gasteiger partial charge >= 0.3 is 0 Å². The van der Waals surface area contributed by atoms with Gasteiger partial charge in [-0.15, -0.1) is 0 Å². The van der Waals surface area contributed by atoms with E-state index in [-0.39, 0.29) is 19.1 Å². The summed E-state index contributed by atoms with van der Waals surface area (Å²) in [7, 11) is 0. The van der Waals surface area contributed by atoms with Crippen LogP contribution in [0.25, 0.3) is 11.1 Å². The average molecular weight is 475 g/mol. The first-order valence-electron chi connectivity index (χ1n) is 11.5. The molecule has 0 fully saturated rings. The van der Waals surface area contributed by atoms with E-state index >= 15 is 0 Å². The lowest BCUT2D eigenvalue weighted by Crippen LogP contribution is -2.40. The van der Waals surface area contributed by atoms with Crippen LogP contribution in [0.3, 0.4) is 0 Å². The van der Waals surface area contributed by atoms with Crippen molar-refractivity contribution >= 4 is 11.8 Å². The molecule has 5 rings (SSSR count). The molecular formula is C27H26N2O6. The SMILES string of the molecule is O=C(C[C@H](Cc1ccc(-c2ccc3c(c2)OCO3)cc1)C(=O)N[C@H]1c2ccccc2C[C@H]1O)NO. The van der Waals surface area contributed by atoms with Crippen molar-refractivity contribution in [2.24, 2.45) is 5.92 Å². The summed E-state index contributed by atoms with van der Waals surface area (Å²) in [4.78, 5) is 25.1. The number of amides is 2. The lowest BCUT2D eigenvalue weighted by molar-refractivity contribution is -0.135. The van der Waals surface area contributed by atoms with Gasteiger partial charge in [0.05, 0.1) is 18.1 Å². The van der Waals surface area contributed by atoms with Gasteiger partial charge in [0.1, 0.15) is 0 Å². The summed E-state index contributed by atoms with van der Waals surface area (Å²) in [5.41, 5.74) is 6.31. The Balaban J connectivity index is 1.31. The average Bonchev–Trinajstić information content (AvgIpc) is 3.47. The number of aliphatic hydroxyl groups excluding tert-OH is 1. The van der Waals surface area contributed by atoms with Crippen molar-refractivity contribution in [2.75, 3.05) is 6.79 Å². The molecule has 1 aliphatic carbocycles. The summed E-state index contributed by atoms with van der Waals surface area (Å²) in [6.07, 6.45) is -0.156. The van der Waals surface area contributed by atoms with E-state index < -0.39 is 24.0 Å². The Kier molecular flexibility index (Phi) is 6.39. The lowest BCUT2D eigenvalue weighted by Gasteiger charge is -2.22. The molecule has 0 radical (unpaired) electrons. The molecule has 0 saturated heterocycles. The maximum Gasteiger partial charge on any atom is 0.244 e. The third-order valence-electron chi connectivity index (χ3n) is 6.57. The molecule has 1 aliphatic heterocycles. The number of nitrogens with one attached hydrogen (secondary N) is 2. The Labute approximate surface area is 202 Å². The van der Waals surface area contributed by atoms with Crippen LogP contribution in [0.5, 0.6) is 11.5 Å². The minimum atomic E-state index is -0.732. The molecule has 0 bridgehead atoms. The van der Waals surface area contributed by atoms with Crippen molar-refractivity contribution in [2.45, 2.75) is 31.4 Å². The molecule has 35 heavy (non-hydrogen) atoms. The van der Waals surface area contributed by atoms with E-state index in [0.29, 0.717) is 18.6 Å². The standard InChI is InChI=1S/C27H26N2O6/c30-22-12-19-3-1-2-4-21(19)26(22)28-27(32)20(14-25(31)29-33)11-16-5-7-17(8-6-16)18-9-10-23-24(13-18)35-15-34-23/h1-10,13,20,22,26,30,33H,11-12,14-15H2,(H,28,32)(H,29,31)/t20-,22+,26-/m0/s1. The first kappa shape index (κ1) is 22.9. The number of hydroxylamine groups is 1. The fraction of sp³-hybridized carbons (Fsp3) is 0.259. The van der Waals surface area contributed by atoms with Gasteiger partial charge in [-0.1, -0.05) is 54.6 Å². The van der Waals surface area contributed by atoms with Crippen LogP contribution < -0.4 is 20.3 Å². The van der Waals surface area contributed by atoms with E-state index in [1.54, 1.807) is 5.48 Å². The molecule has 0 saturated carbocycles. The summed E-state index contributed by atoms with van der Waals surface area (Å²) in [6, 6.07) is 20.5. The third-order valence-corrected chi connectivity index (χ3v) is 6.57. The predicted molar refractivity (Wildman–Crippen MR) is 127 cm³/mol. The van der Waals surface area contributed by atoms with E-state index in [0.717, 1.165) is 33.6 Å². The molecule has 0 aromatic heterocycles. The zero-order valence-electron chi connectivity index (χ0n) is 18.9. The molecule has 3 atom stereocenters. The largest absolute Gasteiger partial charge is 0.454 e. The Morgan fingerprint density at radius 2 is 1.71 bits per heavy atom. The Morgan fingerprint density at radius 1 is 0.971 bits per heavy atom. The number of ether oxygens (including phenoxy) is 2. The van der Waals surface area contributed by atoms with Gasteiger partial charge in [0, 0.05) is 12.8 Å². The second kappa shape index (κ2) is 9.77. The number of carbonyl (C=O) groups is 2. The van der Waals surface area contributed by atoms with Crippen LogP contribution in [0.2, 0.25) is 0 Å². The highest BCUT2D eigenvalue weighted by Crippen LogP contribution is 2.36. The molecule has 180 valence electrons. The van der Waals surface area contributed by atoms with E-state index in [2.05, 4.69) is 5.32 Å². The van der Waals surface area contributed by atoms with Gasteiger partial charge in [-0.3, -0.25) is 14.8 Å². The first-order chi connectivity index (χ1) is 17.0. The highest BCUT2D eigenvalue weighted by molar-refractivity contribution is 5.86. The monoisotopic (exact) mass is 474 g/mol. The smallest absolute Gasteiger partial charge is 0.244 e. The molecule has 8 nitrogen and oxygen atoms in total. The maximum absolute atomic E-state index is 13.2. The normalized spacial score (nSPS) is 18.6. The topological polar surface area (TPSA) is 117 Å². The van der Waals surface area contributed by atoms with Gasteiger partial charge in [-0.25, -0.2) is 5.48 Å². The van der Waals surface area contributed by atoms with Crippen LogP contribution in [0.4, 0.5) is 0 Å². The summed E-state index contributed by atoms with van der Waals surface area (Å²) in [6.45, 7) is 0.214. The third kappa shape index (κ3) is 4.84. The number of rotatable bonds is 7. The van der Waals surface area contributed by atoms with Crippen molar-refractivity contribution < 1.29 is 29.4 Å². The Morgan fingerprint density at radius 3 is 2.51 bits per heavy atom. The fourth-order valence-corrected chi connectivity index (χ4v) is 4.74. The second-order valence-corrected chi connectivity index (χ2v) is 8.86. The van der Waals surface area contributed by atoms with Crippen LogP contribution >= 0.6 is 0 Å². The highest BCUT2D eigenvalue weighted by atomic mass is 16.7. The first-order valence-corrected chi connectivity index (χ1v) is 11.5. The molecule has 8 heteroatoms. The van der Waals surface area contributed by atoms with Gasteiger partial charge in [0.25, 0.3) is 0 Å². The van der Waals surface area contributed by atoms with Gasteiger partial charge in [0.2, 0.25) is 18.6 Å². The van der Waals surface area contributed by atoms with Crippen LogP contribution in [0.15, 0.2) is 66.7 Å². The van der Waals surface area contributed by atoms with E-state index in [1.807, 2.05) is 66.7 Å². The van der Waals surface area contributed by atoms with Crippen molar-refractivity contribution in [1.82, 2.24) is 10.8 Å². The molecule has 3 aromatic rings. The summed E-state index contributed by atoms with van der Waals surface area (Å²) in [5.74, 6) is -0.299. The second-order valence-electron chi connectivity index (χ2n) is 8.86. The quantitative estimate of drug-likeness (QED) is 0.309. The van der Waals surface area contributed by atoms with Crippen molar-refractivity contribution in [3.63, 3.8) is 0 Å². The fourth-order valence-electron chi connectivity index (χ4n) is 4.74. The number of benzene rings is 3.